The van der Waals surface area contributed by atoms with Gasteiger partial charge >= 0.3 is 11.4 Å². The molecular weight excluding hydrogens is 480 g/mol. The van der Waals surface area contributed by atoms with Crippen LogP contribution in [-0.4, -0.2) is 59.4 Å². The van der Waals surface area contributed by atoms with Gasteiger partial charge in [-0.3, -0.25) is 50.2 Å². The Balaban J connectivity index is 1.53. The zero-order chi connectivity index (χ0) is 25.1. The second-order valence-corrected chi connectivity index (χ2v) is 7.49. The predicted molar refractivity (Wildman–Crippen MR) is 119 cm³/mol. The van der Waals surface area contributed by atoms with Gasteiger partial charge < -0.3 is 0 Å². The van der Waals surface area contributed by atoms with Crippen LogP contribution in [0.25, 0.3) is 45.2 Å². The van der Waals surface area contributed by atoms with Crippen LogP contribution in [0.1, 0.15) is 0 Å². The van der Waals surface area contributed by atoms with Gasteiger partial charge in [0.2, 0.25) is 0 Å². The van der Waals surface area contributed by atoms with E-state index in [4.69, 9.17) is 0 Å². The van der Waals surface area contributed by atoms with E-state index in [1.807, 2.05) is 0 Å². The molecule has 0 bridgehead atoms. The highest BCUT2D eigenvalue weighted by Crippen LogP contribution is 2.42. The fourth-order valence-electron chi connectivity index (χ4n) is 3.83. The Morgan fingerprint density at radius 1 is 0.722 bits per heavy atom. The van der Waals surface area contributed by atoms with Crippen molar-refractivity contribution in [1.82, 2.24) is 49.6 Å². The maximum absolute atomic E-state index is 12.0. The molecule has 18 nitrogen and oxygen atoms in total. The molecule has 178 valence electrons. The third-order valence-electron chi connectivity index (χ3n) is 5.33. The summed E-state index contributed by atoms with van der Waals surface area (Å²) in [5, 5.41) is 41.9. The van der Waals surface area contributed by atoms with Crippen molar-refractivity contribution in [2.45, 2.75) is 0 Å². The Bertz CT molecular complexity index is 1830. The van der Waals surface area contributed by atoms with Crippen LogP contribution in [0.15, 0.2) is 46.5 Å². The first-order valence-corrected chi connectivity index (χ1v) is 9.91. The van der Waals surface area contributed by atoms with Gasteiger partial charge in [0, 0.05) is 48.0 Å². The molecule has 6 heterocycles. The molecule has 0 amide bonds. The summed E-state index contributed by atoms with van der Waals surface area (Å²) in [6.45, 7) is 0. The predicted octanol–water partition coefficient (Wildman–Crippen LogP) is 0.622. The first kappa shape index (κ1) is 20.7. The van der Waals surface area contributed by atoms with Crippen LogP contribution in [0.2, 0.25) is 0 Å². The Kier molecular flexibility index (Phi) is 4.18. The van der Waals surface area contributed by atoms with Crippen molar-refractivity contribution in [2.75, 3.05) is 0 Å². The van der Waals surface area contributed by atoms with E-state index < -0.39 is 32.3 Å². The van der Waals surface area contributed by atoms with Gasteiger partial charge in [0.15, 0.2) is 34.1 Å². The summed E-state index contributed by atoms with van der Waals surface area (Å²) in [6.07, 6.45) is 5.31. The lowest BCUT2D eigenvalue weighted by Gasteiger charge is -2.00. The molecular formula is C18H10N12O6. The van der Waals surface area contributed by atoms with Gasteiger partial charge in [-0.05, 0) is 0 Å². The maximum atomic E-state index is 12.0. The highest BCUT2D eigenvalue weighted by molar-refractivity contribution is 5.87. The number of fused-ring (bicyclic) bond motifs is 2. The highest BCUT2D eigenvalue weighted by Gasteiger charge is 2.35. The third-order valence-corrected chi connectivity index (χ3v) is 5.33. The summed E-state index contributed by atoms with van der Waals surface area (Å²) in [4.78, 5) is 53.8. The van der Waals surface area contributed by atoms with Crippen LogP contribution < -0.4 is 11.1 Å². The van der Waals surface area contributed by atoms with Gasteiger partial charge in [-0.15, -0.1) is 0 Å². The van der Waals surface area contributed by atoms with Crippen molar-refractivity contribution in [3.05, 3.63) is 77.9 Å². The van der Waals surface area contributed by atoms with Crippen LogP contribution in [0.3, 0.4) is 0 Å². The fourth-order valence-corrected chi connectivity index (χ4v) is 3.83. The Labute approximate surface area is 194 Å². The number of nitrogens with one attached hydrogen (secondary N) is 4. The van der Waals surface area contributed by atoms with Gasteiger partial charge in [0.05, 0.1) is 9.85 Å². The van der Waals surface area contributed by atoms with Crippen LogP contribution in [0.5, 0.6) is 0 Å². The minimum absolute atomic E-state index is 0.164. The summed E-state index contributed by atoms with van der Waals surface area (Å²) in [5.41, 5.74) is -2.04. The molecule has 0 unspecified atom stereocenters. The molecule has 36 heavy (non-hydrogen) atoms. The summed E-state index contributed by atoms with van der Waals surface area (Å²) >= 11 is 0. The number of nitro groups is 2. The van der Waals surface area contributed by atoms with Crippen molar-refractivity contribution in [3.63, 3.8) is 0 Å². The molecule has 0 aliphatic carbocycles. The molecule has 4 N–H and O–H groups in total. The molecule has 0 spiro atoms. The standard InChI is InChI=1S/C18H10N12O6/c31-11-1-9-19-3-7(5-27(9)25-11)13-17(29(33)34)15(23-21-13)16-18(30(35)36)14(22-24-16)8-4-20-10-2-12(32)26-28(10)6-8/h1-6H,(H,21,23)(H,22,24)(H,25,31)(H,26,32). The topological polar surface area (TPSA) is 244 Å². The molecule has 18 heteroatoms. The minimum atomic E-state index is -0.751. The first-order chi connectivity index (χ1) is 17.3. The summed E-state index contributed by atoms with van der Waals surface area (Å²) in [5.74, 6) is 0. The van der Waals surface area contributed by atoms with Gasteiger partial charge in [-0.2, -0.15) is 10.2 Å². The lowest BCUT2D eigenvalue weighted by molar-refractivity contribution is -0.385. The van der Waals surface area contributed by atoms with E-state index in [-0.39, 0.29) is 45.2 Å². The zero-order valence-electron chi connectivity index (χ0n) is 17.5. The fraction of sp³-hybridized carbons (Fsp3) is 0. The summed E-state index contributed by atoms with van der Waals surface area (Å²) < 4.78 is 2.53. The largest absolute Gasteiger partial charge is 0.324 e. The molecule has 0 fully saturated rings. The normalized spacial score (nSPS) is 11.4. The number of hydrogen-bond donors (Lipinski definition) is 4. The molecule has 0 atom stereocenters. The average Bonchev–Trinajstić information content (AvgIpc) is 3.59. The smallest absolute Gasteiger partial charge is 0.269 e. The number of aromatic amines is 4. The van der Waals surface area contributed by atoms with Crippen LogP contribution >= 0.6 is 0 Å². The highest BCUT2D eigenvalue weighted by atomic mass is 16.6. The van der Waals surface area contributed by atoms with Crippen molar-refractivity contribution in [1.29, 1.82) is 0 Å². The molecule has 6 aromatic rings. The van der Waals surface area contributed by atoms with E-state index in [1.54, 1.807) is 0 Å². The zero-order valence-corrected chi connectivity index (χ0v) is 17.5. The quantitative estimate of drug-likeness (QED) is 0.194. The van der Waals surface area contributed by atoms with E-state index >= 15 is 0 Å². The number of nitrogens with zero attached hydrogens (tertiary/aromatic N) is 8. The van der Waals surface area contributed by atoms with Crippen molar-refractivity contribution in [2.24, 2.45) is 0 Å². The van der Waals surface area contributed by atoms with Gasteiger partial charge in [0.25, 0.3) is 11.1 Å². The Hall–Kier alpha value is -5.94. The van der Waals surface area contributed by atoms with Crippen molar-refractivity contribution < 1.29 is 9.85 Å². The molecule has 0 radical (unpaired) electrons. The minimum Gasteiger partial charge on any atom is -0.269 e. The number of H-pyrrole nitrogens is 4. The Morgan fingerprint density at radius 2 is 1.14 bits per heavy atom. The summed E-state index contributed by atoms with van der Waals surface area (Å²) in [7, 11) is 0. The second-order valence-electron chi connectivity index (χ2n) is 7.49. The number of aromatic nitrogens is 10. The van der Waals surface area contributed by atoms with E-state index in [1.165, 1.54) is 46.0 Å². The lowest BCUT2D eigenvalue weighted by atomic mass is 10.1. The van der Waals surface area contributed by atoms with E-state index in [9.17, 15) is 29.8 Å². The maximum Gasteiger partial charge on any atom is 0.324 e. The molecule has 6 rings (SSSR count). The molecule has 6 aromatic heterocycles. The second kappa shape index (κ2) is 7.28. The monoisotopic (exact) mass is 490 g/mol. The lowest BCUT2D eigenvalue weighted by Crippen LogP contribution is -2.00. The first-order valence-electron chi connectivity index (χ1n) is 9.91. The van der Waals surface area contributed by atoms with Gasteiger partial charge in [-0.25, -0.2) is 19.0 Å². The number of hydrogen-bond acceptors (Lipinski definition) is 10. The molecule has 0 aliphatic heterocycles. The van der Waals surface area contributed by atoms with E-state index in [2.05, 4.69) is 40.6 Å². The SMILES string of the molecule is O=c1cc2ncc(-c3n[nH]c(-c4[nH]nc(-c5cnc6cc(=O)[nH]n6c5)c4[N+](=O)[O-])c3[N+](=O)[O-])cn2[nH]1. The van der Waals surface area contributed by atoms with Crippen LogP contribution in [0, 0.1) is 20.2 Å². The van der Waals surface area contributed by atoms with Gasteiger partial charge in [-0.1, -0.05) is 0 Å². The average molecular weight is 490 g/mol. The Morgan fingerprint density at radius 3 is 1.53 bits per heavy atom. The molecule has 0 aliphatic rings. The number of rotatable bonds is 5. The molecule has 0 saturated carbocycles. The van der Waals surface area contributed by atoms with E-state index in [0.717, 1.165) is 0 Å². The van der Waals surface area contributed by atoms with Crippen LogP contribution in [0.4, 0.5) is 11.4 Å². The van der Waals surface area contributed by atoms with Gasteiger partial charge in [0.1, 0.15) is 0 Å². The third kappa shape index (κ3) is 3.05. The molecule has 0 saturated heterocycles. The van der Waals surface area contributed by atoms with E-state index in [0.29, 0.717) is 0 Å². The van der Waals surface area contributed by atoms with Crippen LogP contribution in [-0.2, 0) is 0 Å². The molecule has 0 aromatic carbocycles. The summed E-state index contributed by atoms with van der Waals surface area (Å²) in [6, 6.07) is 2.47. The van der Waals surface area contributed by atoms with Crippen molar-refractivity contribution >= 4 is 22.7 Å². The van der Waals surface area contributed by atoms with Crippen molar-refractivity contribution in [3.8, 4) is 33.9 Å².